The average molecular weight is 466 g/mol. The molecule has 174 valence electrons. The fourth-order valence-electron chi connectivity index (χ4n) is 5.18. The molecule has 1 fully saturated rings. The minimum Gasteiger partial charge on any atom is -0.497 e. The van der Waals surface area contributed by atoms with Crippen LogP contribution in [-0.4, -0.2) is 40.0 Å². The molecule has 33 heavy (non-hydrogen) atoms. The molecule has 1 atom stereocenters. The van der Waals surface area contributed by atoms with Gasteiger partial charge in [0.2, 0.25) is 5.91 Å². The third-order valence-corrected chi connectivity index (χ3v) is 8.24. The number of amides is 2. The second kappa shape index (κ2) is 8.52. The molecule has 1 aliphatic carbocycles. The molecule has 1 N–H and O–H groups in total. The van der Waals surface area contributed by atoms with Crippen LogP contribution in [0.3, 0.4) is 0 Å². The highest BCUT2D eigenvalue weighted by Gasteiger charge is 2.48. The topological polar surface area (TPSA) is 63.6 Å². The number of thiophene rings is 1. The van der Waals surface area contributed by atoms with Crippen molar-refractivity contribution in [3.63, 3.8) is 0 Å². The molecule has 1 aliphatic heterocycles. The lowest BCUT2D eigenvalue weighted by atomic mass is 9.86. The Kier molecular flexibility index (Phi) is 5.69. The summed E-state index contributed by atoms with van der Waals surface area (Å²) in [5.41, 5.74) is 1.66. The van der Waals surface area contributed by atoms with Crippen molar-refractivity contribution in [3.8, 4) is 5.75 Å². The zero-order chi connectivity index (χ0) is 23.2. The average Bonchev–Trinajstić information content (AvgIpc) is 3.41. The Bertz CT molecular complexity index is 1170. The molecule has 1 saturated carbocycles. The van der Waals surface area contributed by atoms with Gasteiger partial charge in [-0.3, -0.25) is 9.59 Å². The fraction of sp³-hybridized carbons (Fsp3) is 0.462. The summed E-state index contributed by atoms with van der Waals surface area (Å²) in [6, 6.07) is 11.9. The quantitative estimate of drug-likeness (QED) is 0.588. The molecular formula is C26H31N3O3S. The maximum atomic E-state index is 13.8. The van der Waals surface area contributed by atoms with Gasteiger partial charge in [0, 0.05) is 12.6 Å². The number of rotatable bonds is 5. The Balaban J connectivity index is 1.49. The van der Waals surface area contributed by atoms with E-state index in [1.54, 1.807) is 23.3 Å². The van der Waals surface area contributed by atoms with E-state index in [9.17, 15) is 9.59 Å². The van der Waals surface area contributed by atoms with Crippen LogP contribution in [0.25, 0.3) is 10.2 Å². The molecule has 6 nitrogen and oxygen atoms in total. The normalized spacial score (nSPS) is 25.2. The van der Waals surface area contributed by atoms with Crippen molar-refractivity contribution < 1.29 is 14.3 Å². The molecule has 3 heterocycles. The Morgan fingerprint density at radius 1 is 1.18 bits per heavy atom. The van der Waals surface area contributed by atoms with Crippen LogP contribution in [-0.2, 0) is 17.9 Å². The minimum absolute atomic E-state index is 0.0633. The lowest BCUT2D eigenvalue weighted by molar-refractivity contribution is -0.134. The van der Waals surface area contributed by atoms with Gasteiger partial charge in [-0.1, -0.05) is 19.1 Å². The number of fused-ring (bicyclic) bond motifs is 3. The Hall–Kier alpha value is -2.80. The number of hydrogen-bond acceptors (Lipinski definition) is 4. The van der Waals surface area contributed by atoms with E-state index in [2.05, 4.69) is 12.2 Å². The van der Waals surface area contributed by atoms with Gasteiger partial charge in [-0.15, -0.1) is 11.3 Å². The number of carbonyl (C=O) groups excluding carboxylic acids is 2. The summed E-state index contributed by atoms with van der Waals surface area (Å²) >= 11 is 1.62. The summed E-state index contributed by atoms with van der Waals surface area (Å²) in [6.07, 6.45) is 4.26. The highest BCUT2D eigenvalue weighted by molar-refractivity contribution is 7.17. The van der Waals surface area contributed by atoms with Crippen molar-refractivity contribution in [3.05, 3.63) is 53.0 Å². The Morgan fingerprint density at radius 2 is 1.91 bits per heavy atom. The van der Waals surface area contributed by atoms with E-state index in [0.29, 0.717) is 24.7 Å². The van der Waals surface area contributed by atoms with Gasteiger partial charge in [0.1, 0.15) is 17.0 Å². The first-order valence-corrected chi connectivity index (χ1v) is 12.6. The fourth-order valence-corrected chi connectivity index (χ4v) is 6.00. The van der Waals surface area contributed by atoms with E-state index >= 15 is 0 Å². The molecule has 0 bridgehead atoms. The monoisotopic (exact) mass is 465 g/mol. The van der Waals surface area contributed by atoms with Crippen LogP contribution in [0.1, 0.15) is 55.6 Å². The highest BCUT2D eigenvalue weighted by atomic mass is 32.1. The first-order valence-electron chi connectivity index (χ1n) is 11.7. The van der Waals surface area contributed by atoms with Crippen LogP contribution in [0.4, 0.5) is 0 Å². The summed E-state index contributed by atoms with van der Waals surface area (Å²) in [6.45, 7) is 5.00. The number of methoxy groups -OCH3 is 1. The van der Waals surface area contributed by atoms with Gasteiger partial charge in [0.05, 0.1) is 23.9 Å². The van der Waals surface area contributed by atoms with Crippen LogP contribution in [0.15, 0.2) is 41.8 Å². The maximum Gasteiger partial charge on any atom is 0.271 e. The molecule has 0 saturated heterocycles. The van der Waals surface area contributed by atoms with Crippen LogP contribution in [0.5, 0.6) is 5.75 Å². The van der Waals surface area contributed by atoms with Crippen molar-refractivity contribution in [1.29, 1.82) is 0 Å². The SMILES string of the molecule is COc1ccc(CN2C(=O)c3cc4sccc4n3CC2(C)C(=O)NC2CCC(C)CC2)cc1. The van der Waals surface area contributed by atoms with Gasteiger partial charge in [-0.05, 0) is 73.7 Å². The molecule has 2 amide bonds. The van der Waals surface area contributed by atoms with Crippen molar-refractivity contribution in [2.45, 2.75) is 64.2 Å². The molecule has 1 aromatic carbocycles. The van der Waals surface area contributed by atoms with E-state index < -0.39 is 5.54 Å². The standard InChI is InChI=1S/C26H31N3O3S/c1-17-4-8-19(9-5-17)27-25(31)26(2)16-28-21-12-13-33-23(21)14-22(28)24(30)29(26)15-18-6-10-20(32-3)11-7-18/h6-7,10-14,17,19H,4-5,8-9,15-16H2,1-3H3,(H,27,31). The zero-order valence-corrected chi connectivity index (χ0v) is 20.3. The third-order valence-electron chi connectivity index (χ3n) is 7.39. The van der Waals surface area contributed by atoms with Gasteiger partial charge in [0.25, 0.3) is 5.91 Å². The summed E-state index contributed by atoms with van der Waals surface area (Å²) in [5.74, 6) is 1.32. The number of benzene rings is 1. The summed E-state index contributed by atoms with van der Waals surface area (Å²) in [5, 5.41) is 5.34. The summed E-state index contributed by atoms with van der Waals surface area (Å²) in [4.78, 5) is 29.3. The van der Waals surface area contributed by atoms with Gasteiger partial charge in [-0.2, -0.15) is 0 Å². The van der Waals surface area contributed by atoms with Crippen molar-refractivity contribution in [2.24, 2.45) is 5.92 Å². The van der Waals surface area contributed by atoms with Crippen molar-refractivity contribution in [2.75, 3.05) is 7.11 Å². The van der Waals surface area contributed by atoms with Crippen LogP contribution < -0.4 is 10.1 Å². The molecule has 0 spiro atoms. The highest BCUT2D eigenvalue weighted by Crippen LogP contribution is 2.36. The number of hydrogen-bond donors (Lipinski definition) is 1. The number of nitrogens with one attached hydrogen (secondary N) is 1. The number of aromatic nitrogens is 1. The van der Waals surface area contributed by atoms with Crippen molar-refractivity contribution >= 4 is 33.4 Å². The molecule has 0 radical (unpaired) electrons. The second-order valence-electron chi connectivity index (χ2n) is 9.73. The van der Waals surface area contributed by atoms with E-state index in [4.69, 9.17) is 4.74 Å². The molecular weight excluding hydrogens is 434 g/mol. The van der Waals surface area contributed by atoms with Gasteiger partial charge in [0.15, 0.2) is 0 Å². The first-order chi connectivity index (χ1) is 15.9. The van der Waals surface area contributed by atoms with E-state index in [1.807, 2.05) is 53.3 Å². The smallest absolute Gasteiger partial charge is 0.271 e. The van der Waals surface area contributed by atoms with Crippen LogP contribution >= 0.6 is 11.3 Å². The Morgan fingerprint density at radius 3 is 2.61 bits per heavy atom. The summed E-state index contributed by atoms with van der Waals surface area (Å²) in [7, 11) is 1.64. The predicted octanol–water partition coefficient (Wildman–Crippen LogP) is 4.82. The van der Waals surface area contributed by atoms with E-state index in [1.165, 1.54) is 0 Å². The molecule has 2 aromatic heterocycles. The predicted molar refractivity (Wildman–Crippen MR) is 131 cm³/mol. The van der Waals surface area contributed by atoms with Crippen LogP contribution in [0, 0.1) is 5.92 Å². The molecule has 7 heteroatoms. The number of ether oxygens (including phenoxy) is 1. The molecule has 3 aromatic rings. The van der Waals surface area contributed by atoms with Gasteiger partial charge >= 0.3 is 0 Å². The lowest BCUT2D eigenvalue weighted by Crippen LogP contribution is -2.64. The molecule has 2 aliphatic rings. The van der Waals surface area contributed by atoms with Crippen LogP contribution in [0.2, 0.25) is 0 Å². The second-order valence-corrected chi connectivity index (χ2v) is 10.7. The maximum absolute atomic E-state index is 13.8. The first kappa shape index (κ1) is 22.0. The Labute approximate surface area is 198 Å². The number of carbonyl (C=O) groups is 2. The van der Waals surface area contributed by atoms with Gasteiger partial charge in [-0.25, -0.2) is 0 Å². The summed E-state index contributed by atoms with van der Waals surface area (Å²) < 4.78 is 8.38. The largest absolute Gasteiger partial charge is 0.497 e. The van der Waals surface area contributed by atoms with Crippen molar-refractivity contribution in [1.82, 2.24) is 14.8 Å². The van der Waals surface area contributed by atoms with E-state index in [-0.39, 0.29) is 17.9 Å². The lowest BCUT2D eigenvalue weighted by Gasteiger charge is -2.45. The van der Waals surface area contributed by atoms with Gasteiger partial charge < -0.3 is 19.5 Å². The van der Waals surface area contributed by atoms with E-state index in [0.717, 1.165) is 47.2 Å². The zero-order valence-electron chi connectivity index (χ0n) is 19.5. The minimum atomic E-state index is -0.985. The third kappa shape index (κ3) is 3.92. The molecule has 1 unspecified atom stereocenters. The molecule has 5 rings (SSSR count). The number of nitrogens with zero attached hydrogens (tertiary/aromatic N) is 2.